The molecule has 0 spiro atoms. The van der Waals surface area contributed by atoms with Gasteiger partial charge in [-0.25, -0.2) is 0 Å². The molecule has 0 fully saturated rings. The summed E-state index contributed by atoms with van der Waals surface area (Å²) >= 11 is 5.87. The first-order chi connectivity index (χ1) is 7.15. The van der Waals surface area contributed by atoms with Gasteiger partial charge in [0, 0.05) is 24.3 Å². The molecule has 0 saturated carbocycles. The van der Waals surface area contributed by atoms with Crippen LogP contribution in [0.2, 0.25) is 5.02 Å². The molecule has 1 heterocycles. The molecule has 0 aliphatic carbocycles. The Balaban J connectivity index is 2.27. The molecule has 0 aliphatic rings. The van der Waals surface area contributed by atoms with Crippen LogP contribution < -0.4 is 11.1 Å². The van der Waals surface area contributed by atoms with E-state index in [1.165, 1.54) is 0 Å². The SMILES string of the molecule is Cn1ccc(Nc2cc(Cl)ccc2N)n1. The van der Waals surface area contributed by atoms with E-state index in [9.17, 15) is 0 Å². The van der Waals surface area contributed by atoms with Crippen LogP contribution in [0.4, 0.5) is 17.2 Å². The van der Waals surface area contributed by atoms with Crippen LogP contribution in [0.3, 0.4) is 0 Å². The highest BCUT2D eigenvalue weighted by Gasteiger charge is 2.02. The zero-order chi connectivity index (χ0) is 10.8. The maximum atomic E-state index is 5.87. The average Bonchev–Trinajstić information content (AvgIpc) is 2.58. The summed E-state index contributed by atoms with van der Waals surface area (Å²) in [6.07, 6.45) is 1.85. The summed E-state index contributed by atoms with van der Waals surface area (Å²) in [6, 6.07) is 7.14. The lowest BCUT2D eigenvalue weighted by atomic mass is 10.2. The summed E-state index contributed by atoms with van der Waals surface area (Å²) in [4.78, 5) is 0. The fourth-order valence-electron chi connectivity index (χ4n) is 1.26. The molecule has 3 N–H and O–H groups in total. The number of benzene rings is 1. The van der Waals surface area contributed by atoms with Crippen LogP contribution in [0.15, 0.2) is 30.5 Å². The van der Waals surface area contributed by atoms with Gasteiger partial charge in [-0.15, -0.1) is 0 Å². The number of halogens is 1. The molecule has 0 aliphatic heterocycles. The maximum Gasteiger partial charge on any atom is 0.152 e. The van der Waals surface area contributed by atoms with Gasteiger partial charge in [0.15, 0.2) is 5.82 Å². The highest BCUT2D eigenvalue weighted by molar-refractivity contribution is 6.31. The quantitative estimate of drug-likeness (QED) is 0.768. The highest BCUT2D eigenvalue weighted by atomic mass is 35.5. The third kappa shape index (κ3) is 2.22. The minimum atomic E-state index is 0.641. The Morgan fingerprint density at radius 2 is 2.20 bits per heavy atom. The van der Waals surface area contributed by atoms with Crippen molar-refractivity contribution < 1.29 is 0 Å². The van der Waals surface area contributed by atoms with Crippen LogP contribution in [0, 0.1) is 0 Å². The number of nitrogens with two attached hydrogens (primary N) is 1. The molecular weight excluding hydrogens is 212 g/mol. The van der Waals surface area contributed by atoms with Gasteiger partial charge in [-0.2, -0.15) is 5.10 Å². The fraction of sp³-hybridized carbons (Fsp3) is 0.100. The standard InChI is InChI=1S/C10H11ClN4/c1-15-5-4-10(14-15)13-9-6-7(11)2-3-8(9)12/h2-6H,12H2,1H3,(H,13,14). The molecule has 2 rings (SSSR count). The minimum Gasteiger partial charge on any atom is -0.397 e. The van der Waals surface area contributed by atoms with Gasteiger partial charge in [0.25, 0.3) is 0 Å². The molecule has 0 saturated heterocycles. The summed E-state index contributed by atoms with van der Waals surface area (Å²) < 4.78 is 1.71. The number of hydrogen-bond acceptors (Lipinski definition) is 3. The molecule has 0 bridgehead atoms. The van der Waals surface area contributed by atoms with Crippen molar-refractivity contribution in [2.45, 2.75) is 0 Å². The van der Waals surface area contributed by atoms with E-state index in [1.807, 2.05) is 19.3 Å². The van der Waals surface area contributed by atoms with Crippen molar-refractivity contribution in [1.29, 1.82) is 0 Å². The summed E-state index contributed by atoms with van der Waals surface area (Å²) in [5, 5.41) is 7.92. The van der Waals surface area contributed by atoms with E-state index in [-0.39, 0.29) is 0 Å². The van der Waals surface area contributed by atoms with Crippen molar-refractivity contribution in [3.63, 3.8) is 0 Å². The molecule has 0 atom stereocenters. The molecule has 78 valence electrons. The molecule has 4 nitrogen and oxygen atoms in total. The Kier molecular flexibility index (Phi) is 2.51. The van der Waals surface area contributed by atoms with Crippen molar-refractivity contribution in [2.24, 2.45) is 7.05 Å². The van der Waals surface area contributed by atoms with Crippen molar-refractivity contribution >= 4 is 28.8 Å². The molecule has 2 aromatic rings. The predicted molar refractivity (Wildman–Crippen MR) is 62.4 cm³/mol. The normalized spacial score (nSPS) is 10.3. The summed E-state index contributed by atoms with van der Waals surface area (Å²) in [5.74, 6) is 0.742. The van der Waals surface area contributed by atoms with Crippen LogP contribution in [0.1, 0.15) is 0 Å². The van der Waals surface area contributed by atoms with Crippen LogP contribution in [0.5, 0.6) is 0 Å². The van der Waals surface area contributed by atoms with Gasteiger partial charge in [0.1, 0.15) is 0 Å². The molecule has 0 amide bonds. The van der Waals surface area contributed by atoms with Gasteiger partial charge < -0.3 is 11.1 Å². The number of aromatic nitrogens is 2. The van der Waals surface area contributed by atoms with Crippen LogP contribution >= 0.6 is 11.6 Å². The largest absolute Gasteiger partial charge is 0.397 e. The van der Waals surface area contributed by atoms with Crippen LogP contribution in [-0.4, -0.2) is 9.78 Å². The first-order valence-corrected chi connectivity index (χ1v) is 4.84. The first kappa shape index (κ1) is 9.86. The van der Waals surface area contributed by atoms with E-state index >= 15 is 0 Å². The number of hydrogen-bond donors (Lipinski definition) is 2. The van der Waals surface area contributed by atoms with Crippen molar-refractivity contribution in [3.8, 4) is 0 Å². The Labute approximate surface area is 92.7 Å². The summed E-state index contributed by atoms with van der Waals surface area (Å²) in [5.41, 5.74) is 7.20. The Hall–Kier alpha value is -1.68. The lowest BCUT2D eigenvalue weighted by Gasteiger charge is -2.06. The smallest absolute Gasteiger partial charge is 0.152 e. The molecule has 1 aromatic heterocycles. The van der Waals surface area contributed by atoms with Crippen molar-refractivity contribution in [2.75, 3.05) is 11.1 Å². The van der Waals surface area contributed by atoms with Gasteiger partial charge >= 0.3 is 0 Å². The van der Waals surface area contributed by atoms with E-state index < -0.39 is 0 Å². The van der Waals surface area contributed by atoms with E-state index in [0.29, 0.717) is 10.7 Å². The number of nitrogen functional groups attached to an aromatic ring is 1. The van der Waals surface area contributed by atoms with Crippen molar-refractivity contribution in [3.05, 3.63) is 35.5 Å². The summed E-state index contributed by atoms with van der Waals surface area (Å²) in [7, 11) is 1.85. The van der Waals surface area contributed by atoms with Crippen LogP contribution in [0.25, 0.3) is 0 Å². The predicted octanol–water partition coefficient (Wildman–Crippen LogP) is 2.40. The number of anilines is 3. The van der Waals surface area contributed by atoms with Crippen molar-refractivity contribution in [1.82, 2.24) is 9.78 Å². The molecule has 0 unspecified atom stereocenters. The van der Waals surface area contributed by atoms with E-state index in [4.69, 9.17) is 17.3 Å². The molecule has 5 heteroatoms. The number of rotatable bonds is 2. The zero-order valence-electron chi connectivity index (χ0n) is 8.24. The number of nitrogens with zero attached hydrogens (tertiary/aromatic N) is 2. The van der Waals surface area contributed by atoms with E-state index in [1.54, 1.807) is 22.9 Å². The molecular formula is C10H11ClN4. The summed E-state index contributed by atoms with van der Waals surface area (Å²) in [6.45, 7) is 0. The van der Waals surface area contributed by atoms with Gasteiger partial charge in [-0.1, -0.05) is 11.6 Å². The third-order valence-electron chi connectivity index (χ3n) is 1.99. The third-order valence-corrected chi connectivity index (χ3v) is 2.23. The number of nitrogens with one attached hydrogen (secondary N) is 1. The molecule has 0 radical (unpaired) electrons. The molecule has 1 aromatic carbocycles. The lowest BCUT2D eigenvalue weighted by Crippen LogP contribution is -1.97. The fourth-order valence-corrected chi connectivity index (χ4v) is 1.43. The van der Waals surface area contributed by atoms with E-state index in [0.717, 1.165) is 11.5 Å². The maximum absolute atomic E-state index is 5.87. The van der Waals surface area contributed by atoms with Gasteiger partial charge in [0.05, 0.1) is 11.4 Å². The second kappa shape index (κ2) is 3.82. The second-order valence-electron chi connectivity index (χ2n) is 3.23. The minimum absolute atomic E-state index is 0.641. The monoisotopic (exact) mass is 222 g/mol. The van der Waals surface area contributed by atoms with Crippen LogP contribution in [-0.2, 0) is 7.05 Å². The molecule has 15 heavy (non-hydrogen) atoms. The lowest BCUT2D eigenvalue weighted by molar-refractivity contribution is 0.771. The van der Waals surface area contributed by atoms with Gasteiger partial charge in [0.2, 0.25) is 0 Å². The Morgan fingerprint density at radius 1 is 1.40 bits per heavy atom. The topological polar surface area (TPSA) is 55.9 Å². The Bertz CT molecular complexity index is 478. The number of aryl methyl sites for hydroxylation is 1. The first-order valence-electron chi connectivity index (χ1n) is 4.47. The second-order valence-corrected chi connectivity index (χ2v) is 3.67. The zero-order valence-corrected chi connectivity index (χ0v) is 8.99. The van der Waals surface area contributed by atoms with E-state index in [2.05, 4.69) is 10.4 Å². The average molecular weight is 223 g/mol. The Morgan fingerprint density at radius 3 is 2.87 bits per heavy atom. The highest BCUT2D eigenvalue weighted by Crippen LogP contribution is 2.25. The van der Waals surface area contributed by atoms with Gasteiger partial charge in [-0.3, -0.25) is 4.68 Å². The van der Waals surface area contributed by atoms with Gasteiger partial charge in [-0.05, 0) is 18.2 Å².